The summed E-state index contributed by atoms with van der Waals surface area (Å²) in [5.41, 5.74) is 0. The first-order chi connectivity index (χ1) is 9.25. The highest BCUT2D eigenvalue weighted by Gasteiger charge is 2.19. The van der Waals surface area contributed by atoms with Crippen LogP contribution in [0, 0.1) is 11.8 Å². The summed E-state index contributed by atoms with van der Waals surface area (Å²) >= 11 is 6.11. The molecular formula is C14H22Br2O4. The van der Waals surface area contributed by atoms with E-state index in [2.05, 4.69) is 31.9 Å². The Morgan fingerprint density at radius 3 is 1.35 bits per heavy atom. The SMILES string of the molecule is CC(C)CCOC(=O)/C(Br)=C(/Br)C(=O)OCCC(C)C. The Kier molecular flexibility index (Phi) is 10.2. The molecule has 0 aromatic rings. The first-order valence-corrected chi connectivity index (χ1v) is 8.23. The van der Waals surface area contributed by atoms with E-state index >= 15 is 0 Å². The maximum Gasteiger partial charge on any atom is 0.346 e. The average Bonchev–Trinajstić information content (AvgIpc) is 2.35. The van der Waals surface area contributed by atoms with Crippen LogP contribution in [0.15, 0.2) is 8.96 Å². The Morgan fingerprint density at radius 1 is 0.800 bits per heavy atom. The summed E-state index contributed by atoms with van der Waals surface area (Å²) in [4.78, 5) is 23.4. The molecule has 4 nitrogen and oxygen atoms in total. The molecule has 0 N–H and O–H groups in total. The molecule has 0 aliphatic heterocycles. The molecule has 0 amide bonds. The summed E-state index contributed by atoms with van der Waals surface area (Å²) in [5.74, 6) is -0.235. The molecule has 116 valence electrons. The quantitative estimate of drug-likeness (QED) is 0.442. The van der Waals surface area contributed by atoms with Gasteiger partial charge in [0.15, 0.2) is 0 Å². The van der Waals surface area contributed by atoms with Crippen molar-refractivity contribution in [3.05, 3.63) is 8.96 Å². The van der Waals surface area contributed by atoms with Crippen LogP contribution >= 0.6 is 31.9 Å². The molecule has 0 spiro atoms. The highest BCUT2D eigenvalue weighted by Crippen LogP contribution is 2.21. The Morgan fingerprint density at radius 2 is 1.10 bits per heavy atom. The molecule has 20 heavy (non-hydrogen) atoms. The number of hydrogen-bond acceptors (Lipinski definition) is 4. The third kappa shape index (κ3) is 8.74. The van der Waals surface area contributed by atoms with Crippen LogP contribution in [0.3, 0.4) is 0 Å². The van der Waals surface area contributed by atoms with E-state index < -0.39 is 11.9 Å². The second-order valence-electron chi connectivity index (χ2n) is 5.26. The fraction of sp³-hybridized carbons (Fsp3) is 0.714. The average molecular weight is 414 g/mol. The molecule has 0 atom stereocenters. The van der Waals surface area contributed by atoms with Gasteiger partial charge in [-0.1, -0.05) is 27.7 Å². The highest BCUT2D eigenvalue weighted by molar-refractivity contribution is 9.14. The van der Waals surface area contributed by atoms with Crippen molar-refractivity contribution in [3.63, 3.8) is 0 Å². The largest absolute Gasteiger partial charge is 0.462 e. The molecule has 0 bridgehead atoms. The molecule has 0 aliphatic rings. The predicted molar refractivity (Wildman–Crippen MR) is 85.7 cm³/mol. The number of carbonyl (C=O) groups is 2. The van der Waals surface area contributed by atoms with E-state index in [-0.39, 0.29) is 8.96 Å². The molecule has 0 aliphatic carbocycles. The van der Waals surface area contributed by atoms with Crippen LogP contribution in [-0.2, 0) is 19.1 Å². The van der Waals surface area contributed by atoms with Crippen molar-refractivity contribution in [2.45, 2.75) is 40.5 Å². The number of hydrogen-bond donors (Lipinski definition) is 0. The highest BCUT2D eigenvalue weighted by atomic mass is 79.9. The summed E-state index contributed by atoms with van der Waals surface area (Å²) in [6.07, 6.45) is 1.56. The fourth-order valence-corrected chi connectivity index (χ4v) is 1.63. The van der Waals surface area contributed by atoms with E-state index in [1.807, 2.05) is 27.7 Å². The van der Waals surface area contributed by atoms with E-state index in [0.717, 1.165) is 12.8 Å². The maximum absolute atomic E-state index is 11.7. The van der Waals surface area contributed by atoms with Crippen LogP contribution < -0.4 is 0 Å². The monoisotopic (exact) mass is 412 g/mol. The second kappa shape index (κ2) is 10.4. The lowest BCUT2D eigenvalue weighted by Crippen LogP contribution is -2.13. The smallest absolute Gasteiger partial charge is 0.346 e. The van der Waals surface area contributed by atoms with Crippen molar-refractivity contribution in [1.29, 1.82) is 0 Å². The predicted octanol–water partition coefficient (Wildman–Crippen LogP) is 4.17. The molecular weight excluding hydrogens is 392 g/mol. The molecule has 0 saturated carbocycles. The van der Waals surface area contributed by atoms with E-state index in [1.165, 1.54) is 0 Å². The van der Waals surface area contributed by atoms with Gasteiger partial charge in [-0.25, -0.2) is 9.59 Å². The van der Waals surface area contributed by atoms with Gasteiger partial charge in [0.1, 0.15) is 8.96 Å². The zero-order valence-corrected chi connectivity index (χ0v) is 15.5. The van der Waals surface area contributed by atoms with Gasteiger partial charge in [-0.3, -0.25) is 0 Å². The fourth-order valence-electron chi connectivity index (χ4n) is 1.08. The van der Waals surface area contributed by atoms with Gasteiger partial charge in [0.25, 0.3) is 0 Å². The summed E-state index contributed by atoms with van der Waals surface area (Å²) < 4.78 is 10.2. The number of ether oxygens (including phenoxy) is 2. The second-order valence-corrected chi connectivity index (χ2v) is 6.85. The molecule has 0 fully saturated rings. The minimum absolute atomic E-state index is 0.0517. The number of carbonyl (C=O) groups excluding carboxylic acids is 2. The molecule has 0 heterocycles. The zero-order chi connectivity index (χ0) is 15.7. The Balaban J connectivity index is 4.33. The third-order valence-electron chi connectivity index (χ3n) is 2.41. The summed E-state index contributed by atoms with van der Waals surface area (Å²) in [6.45, 7) is 8.82. The van der Waals surface area contributed by atoms with Crippen molar-refractivity contribution in [2.24, 2.45) is 11.8 Å². The van der Waals surface area contributed by atoms with Crippen molar-refractivity contribution < 1.29 is 19.1 Å². The standard InChI is InChI=1S/C14H22Br2O4/c1-9(2)5-7-19-13(17)11(15)12(16)14(18)20-8-6-10(3)4/h9-10H,5-8H2,1-4H3/b12-11-. The van der Waals surface area contributed by atoms with E-state index in [9.17, 15) is 9.59 Å². The van der Waals surface area contributed by atoms with Crippen LogP contribution in [0.4, 0.5) is 0 Å². The molecule has 0 radical (unpaired) electrons. The maximum atomic E-state index is 11.7. The molecule has 0 saturated heterocycles. The Hall–Kier alpha value is -0.360. The Bertz CT molecular complexity index is 328. The van der Waals surface area contributed by atoms with Gasteiger partial charge in [-0.05, 0) is 56.5 Å². The van der Waals surface area contributed by atoms with Gasteiger partial charge >= 0.3 is 11.9 Å². The first kappa shape index (κ1) is 19.6. The number of halogens is 2. The van der Waals surface area contributed by atoms with Crippen molar-refractivity contribution in [3.8, 4) is 0 Å². The van der Waals surface area contributed by atoms with E-state index in [1.54, 1.807) is 0 Å². The lowest BCUT2D eigenvalue weighted by Gasteiger charge is -2.09. The molecule has 0 rings (SSSR count). The topological polar surface area (TPSA) is 52.6 Å². The van der Waals surface area contributed by atoms with Crippen LogP contribution in [0.1, 0.15) is 40.5 Å². The third-order valence-corrected chi connectivity index (χ3v) is 4.38. The minimum Gasteiger partial charge on any atom is -0.462 e. The van der Waals surface area contributed by atoms with Gasteiger partial charge in [0.05, 0.1) is 13.2 Å². The molecule has 6 heteroatoms. The van der Waals surface area contributed by atoms with Crippen molar-refractivity contribution >= 4 is 43.8 Å². The number of esters is 2. The van der Waals surface area contributed by atoms with Gasteiger partial charge < -0.3 is 9.47 Å². The van der Waals surface area contributed by atoms with Crippen LogP contribution in [0.5, 0.6) is 0 Å². The van der Waals surface area contributed by atoms with Crippen molar-refractivity contribution in [2.75, 3.05) is 13.2 Å². The van der Waals surface area contributed by atoms with E-state index in [4.69, 9.17) is 9.47 Å². The van der Waals surface area contributed by atoms with Crippen LogP contribution in [0.2, 0.25) is 0 Å². The Labute approximate surface area is 137 Å². The zero-order valence-electron chi connectivity index (χ0n) is 12.4. The van der Waals surface area contributed by atoms with Gasteiger partial charge in [-0.2, -0.15) is 0 Å². The van der Waals surface area contributed by atoms with Gasteiger partial charge in [0, 0.05) is 0 Å². The van der Waals surface area contributed by atoms with Gasteiger partial charge in [-0.15, -0.1) is 0 Å². The molecule has 0 aromatic carbocycles. The van der Waals surface area contributed by atoms with Crippen LogP contribution in [-0.4, -0.2) is 25.2 Å². The first-order valence-electron chi connectivity index (χ1n) is 6.65. The van der Waals surface area contributed by atoms with Gasteiger partial charge in [0.2, 0.25) is 0 Å². The van der Waals surface area contributed by atoms with Crippen molar-refractivity contribution in [1.82, 2.24) is 0 Å². The molecule has 0 unspecified atom stereocenters. The normalized spacial score (nSPS) is 12.4. The van der Waals surface area contributed by atoms with E-state index in [0.29, 0.717) is 25.0 Å². The summed E-state index contributed by atoms with van der Waals surface area (Å²) in [7, 11) is 0. The lowest BCUT2D eigenvalue weighted by atomic mass is 10.1. The van der Waals surface area contributed by atoms with Crippen LogP contribution in [0.25, 0.3) is 0 Å². The summed E-state index contributed by atoms with van der Waals surface area (Å²) in [5, 5.41) is 0. The molecule has 0 aromatic heterocycles. The summed E-state index contributed by atoms with van der Waals surface area (Å²) in [6, 6.07) is 0. The minimum atomic E-state index is -0.571. The lowest BCUT2D eigenvalue weighted by molar-refractivity contribution is -0.141. The number of rotatable bonds is 8.